The topological polar surface area (TPSA) is 80.8 Å². The van der Waals surface area contributed by atoms with E-state index >= 15 is 0 Å². The maximum atomic E-state index is 13.5. The summed E-state index contributed by atoms with van der Waals surface area (Å²) in [5.74, 6) is 0.892. The average molecular weight is 474 g/mol. The number of nitrogens with zero attached hydrogens (tertiary/aromatic N) is 2. The minimum atomic E-state index is -1.16. The van der Waals surface area contributed by atoms with Gasteiger partial charge in [0.15, 0.2) is 11.5 Å². The maximum absolute atomic E-state index is 13.5. The highest BCUT2D eigenvalue weighted by Crippen LogP contribution is 2.39. The van der Waals surface area contributed by atoms with Crippen LogP contribution in [0.5, 0.6) is 11.5 Å². The van der Waals surface area contributed by atoms with Gasteiger partial charge in [0.05, 0.1) is 32.0 Å². The second-order valence-electron chi connectivity index (χ2n) is 8.16. The smallest absolute Gasteiger partial charge is 0.325 e. The first-order valence-electron chi connectivity index (χ1n) is 10.7. The van der Waals surface area contributed by atoms with Gasteiger partial charge in [-0.15, -0.1) is 11.3 Å². The summed E-state index contributed by atoms with van der Waals surface area (Å²) in [6, 6.07) is 18.8. The van der Waals surface area contributed by atoms with E-state index in [1.165, 1.54) is 16.2 Å². The molecule has 1 fully saturated rings. The fourth-order valence-corrected chi connectivity index (χ4v) is 5.24. The van der Waals surface area contributed by atoms with Crippen molar-refractivity contribution in [1.29, 1.82) is 0 Å². The van der Waals surface area contributed by atoms with Crippen LogP contribution in [0.1, 0.15) is 18.2 Å². The number of amides is 3. The van der Waals surface area contributed by atoms with Crippen molar-refractivity contribution in [1.82, 2.24) is 15.2 Å². The molecular formula is C26H23N3O4S. The lowest BCUT2D eigenvalue weighted by atomic mass is 9.88. The third-order valence-electron chi connectivity index (χ3n) is 6.11. The number of nitrogens with one attached hydrogen (secondary N) is 1. The van der Waals surface area contributed by atoms with Crippen molar-refractivity contribution >= 4 is 34.0 Å². The summed E-state index contributed by atoms with van der Waals surface area (Å²) in [6.45, 7) is 1.83. The average Bonchev–Trinajstić information content (AvgIpc) is 3.41. The maximum Gasteiger partial charge on any atom is 0.325 e. The number of hydrogen-bond acceptors (Lipinski definition) is 6. The van der Waals surface area contributed by atoms with Crippen molar-refractivity contribution in [2.45, 2.75) is 19.0 Å². The van der Waals surface area contributed by atoms with Crippen LogP contribution in [0.15, 0.2) is 66.0 Å². The molecule has 1 saturated heterocycles. The molecule has 172 valence electrons. The summed E-state index contributed by atoms with van der Waals surface area (Å²) >= 11 is 1.42. The quantitative estimate of drug-likeness (QED) is 0.401. The Labute approximate surface area is 200 Å². The summed E-state index contributed by atoms with van der Waals surface area (Å²) in [5.41, 5.74) is 1.02. The van der Waals surface area contributed by atoms with E-state index in [1.807, 2.05) is 66.0 Å². The molecule has 4 aromatic rings. The molecule has 2 heterocycles. The molecule has 0 radical (unpaired) electrons. The van der Waals surface area contributed by atoms with Gasteiger partial charge in [-0.05, 0) is 35.4 Å². The third-order valence-corrected chi connectivity index (χ3v) is 7.03. The Kier molecular flexibility index (Phi) is 5.45. The molecule has 0 saturated carbocycles. The number of fused-ring (bicyclic) bond motifs is 1. The van der Waals surface area contributed by atoms with Gasteiger partial charge in [0.25, 0.3) is 5.91 Å². The van der Waals surface area contributed by atoms with E-state index in [9.17, 15) is 9.59 Å². The lowest BCUT2D eigenvalue weighted by Crippen LogP contribution is -2.41. The van der Waals surface area contributed by atoms with Crippen molar-refractivity contribution < 1.29 is 19.1 Å². The standard InChI is InChI=1S/C26H23N3O4S/c1-26(20-12-6-9-16-8-4-5-10-18(16)20)24(30)29(25(31)28-26)14-17-15-34-23(27-17)19-11-7-13-21(32-2)22(19)33-3/h4-13,15H,14H2,1-3H3,(H,28,31). The van der Waals surface area contributed by atoms with Crippen LogP contribution in [0.25, 0.3) is 21.3 Å². The lowest BCUT2D eigenvalue weighted by Gasteiger charge is -2.24. The Morgan fingerprint density at radius 2 is 1.76 bits per heavy atom. The molecule has 0 bridgehead atoms. The van der Waals surface area contributed by atoms with Gasteiger partial charge in [-0.1, -0.05) is 48.5 Å². The van der Waals surface area contributed by atoms with Crippen LogP contribution in [0.2, 0.25) is 0 Å². The van der Waals surface area contributed by atoms with E-state index in [1.54, 1.807) is 21.1 Å². The molecule has 1 aliphatic heterocycles. The first-order chi connectivity index (χ1) is 16.5. The Morgan fingerprint density at radius 1 is 1.00 bits per heavy atom. The molecule has 3 aromatic carbocycles. The third kappa shape index (κ3) is 3.47. The van der Waals surface area contributed by atoms with E-state index in [-0.39, 0.29) is 12.5 Å². The number of carbonyl (C=O) groups is 2. The fourth-order valence-electron chi connectivity index (χ4n) is 4.41. The zero-order valence-corrected chi connectivity index (χ0v) is 19.8. The van der Waals surface area contributed by atoms with Gasteiger partial charge in [-0.2, -0.15) is 0 Å². The molecule has 34 heavy (non-hydrogen) atoms. The fraction of sp³-hybridized carbons (Fsp3) is 0.192. The minimum absolute atomic E-state index is 0.0772. The van der Waals surface area contributed by atoms with E-state index in [0.717, 1.165) is 26.9 Å². The van der Waals surface area contributed by atoms with Gasteiger partial charge in [-0.25, -0.2) is 9.78 Å². The van der Waals surface area contributed by atoms with Gasteiger partial charge in [-0.3, -0.25) is 9.69 Å². The molecule has 1 atom stereocenters. The molecular weight excluding hydrogens is 450 g/mol. The number of para-hydroxylation sites is 1. The summed E-state index contributed by atoms with van der Waals surface area (Å²) in [4.78, 5) is 32.3. The van der Waals surface area contributed by atoms with Gasteiger partial charge in [0.2, 0.25) is 0 Å². The summed E-state index contributed by atoms with van der Waals surface area (Å²) in [7, 11) is 3.16. The summed E-state index contributed by atoms with van der Waals surface area (Å²) in [6.07, 6.45) is 0. The first kappa shape index (κ1) is 21.9. The van der Waals surface area contributed by atoms with Crippen molar-refractivity contribution in [3.8, 4) is 22.1 Å². The van der Waals surface area contributed by atoms with Crippen molar-refractivity contribution in [3.63, 3.8) is 0 Å². The van der Waals surface area contributed by atoms with E-state index < -0.39 is 11.6 Å². The Balaban J connectivity index is 1.44. The molecule has 1 N–H and O–H groups in total. The second-order valence-corrected chi connectivity index (χ2v) is 9.02. The number of aromatic nitrogens is 1. The highest BCUT2D eigenvalue weighted by Gasteiger charge is 2.49. The van der Waals surface area contributed by atoms with Crippen LogP contribution in [-0.2, 0) is 16.9 Å². The monoisotopic (exact) mass is 473 g/mol. The molecule has 1 aromatic heterocycles. The predicted molar refractivity (Wildman–Crippen MR) is 131 cm³/mol. The number of ether oxygens (including phenoxy) is 2. The number of carbonyl (C=O) groups excluding carboxylic acids is 2. The molecule has 3 amide bonds. The summed E-state index contributed by atoms with van der Waals surface area (Å²) < 4.78 is 10.9. The zero-order valence-electron chi connectivity index (χ0n) is 19.0. The number of thiazole rings is 1. The number of rotatable bonds is 6. The van der Waals surface area contributed by atoms with Gasteiger partial charge >= 0.3 is 6.03 Å². The van der Waals surface area contributed by atoms with E-state index in [4.69, 9.17) is 9.47 Å². The summed E-state index contributed by atoms with van der Waals surface area (Å²) in [5, 5.41) is 7.42. The van der Waals surface area contributed by atoms with Gasteiger partial charge in [0, 0.05) is 5.38 Å². The first-order valence-corrected chi connectivity index (χ1v) is 11.6. The minimum Gasteiger partial charge on any atom is -0.493 e. The Hall–Kier alpha value is -3.91. The van der Waals surface area contributed by atoms with Crippen LogP contribution >= 0.6 is 11.3 Å². The van der Waals surface area contributed by atoms with Crippen LogP contribution in [-0.4, -0.2) is 36.0 Å². The van der Waals surface area contributed by atoms with Crippen molar-refractivity contribution in [3.05, 3.63) is 77.3 Å². The number of urea groups is 1. The van der Waals surface area contributed by atoms with Crippen LogP contribution in [0, 0.1) is 0 Å². The number of benzene rings is 3. The van der Waals surface area contributed by atoms with Crippen molar-refractivity contribution in [2.24, 2.45) is 0 Å². The number of methoxy groups -OCH3 is 2. The van der Waals surface area contributed by atoms with Crippen LogP contribution in [0.3, 0.4) is 0 Å². The number of imide groups is 1. The molecule has 7 nitrogen and oxygen atoms in total. The lowest BCUT2D eigenvalue weighted by molar-refractivity contribution is -0.131. The SMILES string of the molecule is COc1cccc(-c2nc(CN3C(=O)NC(C)(c4cccc5ccccc45)C3=O)cs2)c1OC. The van der Waals surface area contributed by atoms with E-state index in [0.29, 0.717) is 17.2 Å². The molecule has 1 aliphatic rings. The highest BCUT2D eigenvalue weighted by atomic mass is 32.1. The van der Waals surface area contributed by atoms with Crippen LogP contribution in [0.4, 0.5) is 4.79 Å². The molecule has 5 rings (SSSR count). The molecule has 0 aliphatic carbocycles. The number of hydrogen-bond donors (Lipinski definition) is 1. The second kappa shape index (κ2) is 8.46. The van der Waals surface area contributed by atoms with E-state index in [2.05, 4.69) is 10.3 Å². The van der Waals surface area contributed by atoms with Crippen molar-refractivity contribution in [2.75, 3.05) is 14.2 Å². The Morgan fingerprint density at radius 3 is 2.56 bits per heavy atom. The zero-order chi connectivity index (χ0) is 23.9. The van der Waals surface area contributed by atoms with Gasteiger partial charge in [0.1, 0.15) is 10.5 Å². The predicted octanol–water partition coefficient (Wildman–Crippen LogP) is 4.95. The highest BCUT2D eigenvalue weighted by molar-refractivity contribution is 7.13. The molecule has 0 spiro atoms. The van der Waals surface area contributed by atoms with Crippen LogP contribution < -0.4 is 14.8 Å². The Bertz CT molecular complexity index is 1410. The largest absolute Gasteiger partial charge is 0.493 e. The molecule has 1 unspecified atom stereocenters. The normalized spacial score (nSPS) is 17.8. The molecule has 8 heteroatoms. The van der Waals surface area contributed by atoms with Gasteiger partial charge < -0.3 is 14.8 Å².